The number of anilines is 1. The molecule has 1 heterocycles. The normalized spacial score (nSPS) is 10.4. The molecule has 1 amide bonds. The molecule has 0 bridgehead atoms. The Bertz CT molecular complexity index is 874. The fourth-order valence-electron chi connectivity index (χ4n) is 2.25. The Hall–Kier alpha value is -2.44. The molecule has 0 fully saturated rings. The molecule has 0 aliphatic carbocycles. The van der Waals surface area contributed by atoms with Crippen LogP contribution in [0.5, 0.6) is 0 Å². The molecule has 25 heavy (non-hydrogen) atoms. The average Bonchev–Trinajstić information content (AvgIpc) is 3.09. The highest BCUT2D eigenvalue weighted by Gasteiger charge is 2.09. The van der Waals surface area contributed by atoms with Crippen LogP contribution in [0.4, 0.5) is 5.13 Å². The number of thiazole rings is 1. The van der Waals surface area contributed by atoms with Gasteiger partial charge in [0.25, 0.3) is 0 Å². The maximum atomic E-state index is 11.7. The number of carbonyl (C=O) groups is 2. The summed E-state index contributed by atoms with van der Waals surface area (Å²) in [6.07, 6.45) is 0. The van der Waals surface area contributed by atoms with Crippen LogP contribution in [-0.2, 0) is 9.59 Å². The molecule has 126 valence electrons. The second-order valence-corrected chi connectivity index (χ2v) is 7.32. The maximum absolute atomic E-state index is 11.7. The lowest BCUT2D eigenvalue weighted by Crippen LogP contribution is -2.14. The van der Waals surface area contributed by atoms with Crippen molar-refractivity contribution >= 4 is 39.3 Å². The van der Waals surface area contributed by atoms with Crippen molar-refractivity contribution in [1.82, 2.24) is 4.98 Å². The SMILES string of the molecule is CC(=O)SCC(=O)Nc1nc(-c2ccc(-c3ccccc3)cc2)cs1. The second-order valence-electron chi connectivity index (χ2n) is 5.31. The molecule has 2 aromatic carbocycles. The van der Waals surface area contributed by atoms with Crippen LogP contribution in [0.1, 0.15) is 6.92 Å². The van der Waals surface area contributed by atoms with E-state index in [-0.39, 0.29) is 16.8 Å². The standard InChI is InChI=1S/C19H16N2O2S2/c1-13(22)24-12-18(23)21-19-20-17(11-25-19)16-9-7-15(8-10-16)14-5-3-2-4-6-14/h2-11H,12H2,1H3,(H,20,21,23). The Labute approximate surface area is 154 Å². The lowest BCUT2D eigenvalue weighted by atomic mass is 10.0. The number of nitrogens with zero attached hydrogens (tertiary/aromatic N) is 1. The number of nitrogens with one attached hydrogen (secondary N) is 1. The highest BCUT2D eigenvalue weighted by atomic mass is 32.2. The van der Waals surface area contributed by atoms with Crippen molar-refractivity contribution in [2.24, 2.45) is 0 Å². The largest absolute Gasteiger partial charge is 0.301 e. The summed E-state index contributed by atoms with van der Waals surface area (Å²) < 4.78 is 0. The van der Waals surface area contributed by atoms with E-state index in [1.165, 1.54) is 23.8 Å². The van der Waals surface area contributed by atoms with Crippen LogP contribution in [0, 0.1) is 0 Å². The van der Waals surface area contributed by atoms with Crippen molar-refractivity contribution in [2.75, 3.05) is 11.1 Å². The van der Waals surface area contributed by atoms with Gasteiger partial charge in [-0.3, -0.25) is 9.59 Å². The van der Waals surface area contributed by atoms with Gasteiger partial charge < -0.3 is 5.32 Å². The Morgan fingerprint density at radius 3 is 2.32 bits per heavy atom. The van der Waals surface area contributed by atoms with Gasteiger partial charge in [-0.05, 0) is 11.1 Å². The molecule has 0 spiro atoms. The summed E-state index contributed by atoms with van der Waals surface area (Å²) in [5.74, 6) is -0.115. The Morgan fingerprint density at radius 1 is 1.00 bits per heavy atom. The van der Waals surface area contributed by atoms with Gasteiger partial charge in [0.1, 0.15) is 0 Å². The van der Waals surface area contributed by atoms with Gasteiger partial charge in [0.2, 0.25) is 5.91 Å². The first kappa shape index (κ1) is 17.4. The number of rotatable bonds is 5. The van der Waals surface area contributed by atoms with Crippen molar-refractivity contribution in [1.29, 1.82) is 0 Å². The Balaban J connectivity index is 1.68. The fourth-order valence-corrected chi connectivity index (χ4v) is 3.39. The van der Waals surface area contributed by atoms with E-state index in [1.807, 2.05) is 35.7 Å². The summed E-state index contributed by atoms with van der Waals surface area (Å²) >= 11 is 2.36. The van der Waals surface area contributed by atoms with Gasteiger partial charge in [-0.1, -0.05) is 66.4 Å². The van der Waals surface area contributed by atoms with Gasteiger partial charge in [-0.25, -0.2) is 4.98 Å². The third kappa shape index (κ3) is 4.78. The molecule has 0 aliphatic heterocycles. The minimum absolute atomic E-state index is 0.0755. The zero-order valence-electron chi connectivity index (χ0n) is 13.6. The van der Waals surface area contributed by atoms with Gasteiger partial charge in [-0.2, -0.15) is 0 Å². The maximum Gasteiger partial charge on any atom is 0.236 e. The molecule has 1 aromatic heterocycles. The van der Waals surface area contributed by atoms with Gasteiger partial charge >= 0.3 is 0 Å². The number of carbonyl (C=O) groups excluding carboxylic acids is 2. The van der Waals surface area contributed by atoms with E-state index in [2.05, 4.69) is 34.6 Å². The molecule has 0 saturated heterocycles. The molecule has 3 aromatic rings. The monoisotopic (exact) mass is 368 g/mol. The molecule has 0 saturated carbocycles. The molecule has 0 atom stereocenters. The lowest BCUT2D eigenvalue weighted by Gasteiger charge is -2.03. The number of thioether (sulfide) groups is 1. The van der Waals surface area contributed by atoms with Crippen LogP contribution >= 0.6 is 23.1 Å². The molecule has 0 aliphatic rings. The molecule has 4 nitrogen and oxygen atoms in total. The van der Waals surface area contributed by atoms with Crippen molar-refractivity contribution in [3.63, 3.8) is 0 Å². The predicted octanol–water partition coefficient (Wildman–Crippen LogP) is 4.70. The van der Waals surface area contributed by atoms with E-state index < -0.39 is 0 Å². The van der Waals surface area contributed by atoms with Crippen molar-refractivity contribution in [3.8, 4) is 22.4 Å². The summed E-state index contributed by atoms with van der Waals surface area (Å²) in [4.78, 5) is 27.1. The van der Waals surface area contributed by atoms with Crippen LogP contribution < -0.4 is 5.32 Å². The van der Waals surface area contributed by atoms with Crippen LogP contribution in [0.25, 0.3) is 22.4 Å². The van der Waals surface area contributed by atoms with Gasteiger partial charge in [0.05, 0.1) is 11.4 Å². The quantitative estimate of drug-likeness (QED) is 0.709. The van der Waals surface area contributed by atoms with E-state index in [0.29, 0.717) is 5.13 Å². The smallest absolute Gasteiger partial charge is 0.236 e. The van der Waals surface area contributed by atoms with Crippen LogP contribution in [0.15, 0.2) is 60.0 Å². The van der Waals surface area contributed by atoms with E-state index in [1.54, 1.807) is 0 Å². The predicted molar refractivity (Wildman–Crippen MR) is 105 cm³/mol. The molecule has 1 N–H and O–H groups in total. The average molecular weight is 368 g/mol. The van der Waals surface area contributed by atoms with Crippen LogP contribution in [0.2, 0.25) is 0 Å². The molecule has 0 radical (unpaired) electrons. The highest BCUT2D eigenvalue weighted by molar-refractivity contribution is 8.14. The minimum atomic E-state index is -0.222. The lowest BCUT2D eigenvalue weighted by molar-refractivity contribution is -0.114. The van der Waals surface area contributed by atoms with Gasteiger partial charge in [0, 0.05) is 17.9 Å². The first-order valence-electron chi connectivity index (χ1n) is 7.66. The van der Waals surface area contributed by atoms with Crippen LogP contribution in [-0.4, -0.2) is 21.8 Å². The van der Waals surface area contributed by atoms with Gasteiger partial charge in [-0.15, -0.1) is 11.3 Å². The van der Waals surface area contributed by atoms with Crippen LogP contribution in [0.3, 0.4) is 0 Å². The molecule has 0 unspecified atom stereocenters. The number of aromatic nitrogens is 1. The third-order valence-corrected chi connectivity index (χ3v) is 5.02. The fraction of sp³-hybridized carbons (Fsp3) is 0.105. The zero-order chi connectivity index (χ0) is 17.6. The van der Waals surface area contributed by atoms with E-state index >= 15 is 0 Å². The van der Waals surface area contributed by atoms with E-state index in [4.69, 9.17) is 0 Å². The van der Waals surface area contributed by atoms with E-state index in [9.17, 15) is 9.59 Å². The molecule has 6 heteroatoms. The Kier molecular flexibility index (Phi) is 5.63. The number of amides is 1. The Morgan fingerprint density at radius 2 is 1.64 bits per heavy atom. The number of hydrogen-bond donors (Lipinski definition) is 1. The zero-order valence-corrected chi connectivity index (χ0v) is 15.2. The minimum Gasteiger partial charge on any atom is -0.301 e. The summed E-state index contributed by atoms with van der Waals surface area (Å²) in [5, 5.41) is 5.09. The molecule has 3 rings (SSSR count). The first-order chi connectivity index (χ1) is 12.1. The third-order valence-electron chi connectivity index (χ3n) is 3.44. The molecular formula is C19H16N2O2S2. The summed E-state index contributed by atoms with van der Waals surface area (Å²) in [6, 6.07) is 18.3. The van der Waals surface area contributed by atoms with Crippen molar-refractivity contribution in [3.05, 3.63) is 60.0 Å². The molecular weight excluding hydrogens is 352 g/mol. The summed E-state index contributed by atoms with van der Waals surface area (Å²) in [6.45, 7) is 1.44. The highest BCUT2D eigenvalue weighted by Crippen LogP contribution is 2.27. The first-order valence-corrected chi connectivity index (χ1v) is 9.53. The summed E-state index contributed by atoms with van der Waals surface area (Å²) in [7, 11) is 0. The topological polar surface area (TPSA) is 59.1 Å². The second kappa shape index (κ2) is 8.09. The summed E-state index contributed by atoms with van der Waals surface area (Å²) in [5.41, 5.74) is 4.13. The van der Waals surface area contributed by atoms with E-state index in [0.717, 1.165) is 28.6 Å². The number of benzene rings is 2. The van der Waals surface area contributed by atoms with Crippen molar-refractivity contribution in [2.45, 2.75) is 6.92 Å². The van der Waals surface area contributed by atoms with Gasteiger partial charge in [0.15, 0.2) is 10.2 Å². The van der Waals surface area contributed by atoms with Crippen molar-refractivity contribution < 1.29 is 9.59 Å². The number of hydrogen-bond acceptors (Lipinski definition) is 5.